The number of halogens is 1. The lowest BCUT2D eigenvalue weighted by atomic mass is 9.93. The van der Waals surface area contributed by atoms with Crippen molar-refractivity contribution in [3.05, 3.63) is 28.8 Å². The van der Waals surface area contributed by atoms with Crippen molar-refractivity contribution in [2.45, 2.75) is 39.0 Å². The Bertz CT molecular complexity index is 501. The molecule has 1 amide bonds. The summed E-state index contributed by atoms with van der Waals surface area (Å²) in [5.41, 5.74) is 5.46. The maximum Gasteiger partial charge on any atom is 0.227 e. The molecular formula is C16H23ClN2O. The van der Waals surface area contributed by atoms with Gasteiger partial charge in [-0.2, -0.15) is 0 Å². The number of aryl methyl sites for hydroxylation is 1. The number of hydrogen-bond donors (Lipinski definition) is 1. The summed E-state index contributed by atoms with van der Waals surface area (Å²) >= 11 is 0. The van der Waals surface area contributed by atoms with E-state index in [-0.39, 0.29) is 12.4 Å². The van der Waals surface area contributed by atoms with Crippen molar-refractivity contribution in [3.8, 4) is 0 Å². The van der Waals surface area contributed by atoms with Crippen molar-refractivity contribution in [3.63, 3.8) is 0 Å². The Labute approximate surface area is 127 Å². The lowest BCUT2D eigenvalue weighted by molar-refractivity contribution is -0.118. The molecule has 0 aromatic heterocycles. The quantitative estimate of drug-likeness (QED) is 0.909. The molecule has 0 saturated heterocycles. The minimum Gasteiger partial charge on any atom is -0.316 e. The van der Waals surface area contributed by atoms with Crippen molar-refractivity contribution in [2.24, 2.45) is 0 Å². The third-order valence-electron chi connectivity index (χ3n) is 4.19. The first-order valence-corrected chi connectivity index (χ1v) is 7.45. The molecule has 1 aromatic rings. The summed E-state index contributed by atoms with van der Waals surface area (Å²) in [5.74, 6) is 0.293. The molecular weight excluding hydrogens is 272 g/mol. The summed E-state index contributed by atoms with van der Waals surface area (Å²) in [6, 6.07) is 4.64. The highest BCUT2D eigenvalue weighted by molar-refractivity contribution is 5.96. The number of carbonyl (C=O) groups excluding carboxylic acids is 1. The molecule has 0 aliphatic carbocycles. The van der Waals surface area contributed by atoms with Gasteiger partial charge in [0.2, 0.25) is 5.91 Å². The second kappa shape index (κ2) is 6.59. The first kappa shape index (κ1) is 15.3. The predicted molar refractivity (Wildman–Crippen MR) is 84.9 cm³/mol. The van der Waals surface area contributed by atoms with Gasteiger partial charge in [-0.25, -0.2) is 0 Å². The van der Waals surface area contributed by atoms with E-state index in [2.05, 4.69) is 24.4 Å². The lowest BCUT2D eigenvalue weighted by Gasteiger charge is -2.30. The van der Waals surface area contributed by atoms with Gasteiger partial charge in [0, 0.05) is 18.7 Å². The average molecular weight is 295 g/mol. The van der Waals surface area contributed by atoms with E-state index in [0.717, 1.165) is 45.3 Å². The van der Waals surface area contributed by atoms with E-state index in [1.54, 1.807) is 0 Å². The van der Waals surface area contributed by atoms with Gasteiger partial charge in [-0.05, 0) is 61.5 Å². The Morgan fingerprint density at radius 2 is 1.75 bits per heavy atom. The molecule has 20 heavy (non-hydrogen) atoms. The van der Waals surface area contributed by atoms with Gasteiger partial charge in [0.15, 0.2) is 0 Å². The van der Waals surface area contributed by atoms with Gasteiger partial charge < -0.3 is 10.2 Å². The average Bonchev–Trinajstić information content (AvgIpc) is 2.65. The fourth-order valence-corrected chi connectivity index (χ4v) is 3.20. The molecule has 2 aliphatic heterocycles. The van der Waals surface area contributed by atoms with Crippen LogP contribution in [0.4, 0.5) is 5.69 Å². The molecule has 0 bridgehead atoms. The van der Waals surface area contributed by atoms with Crippen LogP contribution in [0.3, 0.4) is 0 Å². The molecule has 2 heterocycles. The van der Waals surface area contributed by atoms with E-state index < -0.39 is 0 Å². The van der Waals surface area contributed by atoms with Gasteiger partial charge >= 0.3 is 0 Å². The third-order valence-corrected chi connectivity index (χ3v) is 4.19. The standard InChI is InChI=1S/C16H22N2O.ClH/c1-2-9-18-15-11-13-6-8-17-7-5-12(13)10-14(15)3-4-16(18)19;/h10-11,17H,2-9H2,1H3;1H. The highest BCUT2D eigenvalue weighted by atomic mass is 35.5. The number of anilines is 1. The molecule has 3 rings (SSSR count). The van der Waals surface area contributed by atoms with Crippen LogP contribution in [-0.2, 0) is 24.1 Å². The summed E-state index contributed by atoms with van der Waals surface area (Å²) in [5, 5.41) is 3.45. The Balaban J connectivity index is 0.00000147. The van der Waals surface area contributed by atoms with Crippen LogP contribution in [0.5, 0.6) is 0 Å². The summed E-state index contributed by atoms with van der Waals surface area (Å²) < 4.78 is 0. The smallest absolute Gasteiger partial charge is 0.227 e. The van der Waals surface area contributed by atoms with Crippen LogP contribution in [0, 0.1) is 0 Å². The van der Waals surface area contributed by atoms with Gasteiger partial charge in [0.05, 0.1) is 0 Å². The summed E-state index contributed by atoms with van der Waals surface area (Å²) in [4.78, 5) is 14.1. The Hall–Kier alpha value is -1.06. The van der Waals surface area contributed by atoms with Crippen molar-refractivity contribution in [2.75, 3.05) is 24.5 Å². The molecule has 3 nitrogen and oxygen atoms in total. The second-order valence-electron chi connectivity index (χ2n) is 5.55. The van der Waals surface area contributed by atoms with Crippen molar-refractivity contribution < 1.29 is 4.79 Å². The van der Waals surface area contributed by atoms with E-state index in [1.807, 2.05) is 4.90 Å². The fourth-order valence-electron chi connectivity index (χ4n) is 3.20. The number of fused-ring (bicyclic) bond motifs is 2. The van der Waals surface area contributed by atoms with Crippen LogP contribution in [0.1, 0.15) is 36.5 Å². The molecule has 0 fully saturated rings. The molecule has 1 aromatic carbocycles. The van der Waals surface area contributed by atoms with Crippen LogP contribution >= 0.6 is 12.4 Å². The second-order valence-corrected chi connectivity index (χ2v) is 5.55. The summed E-state index contributed by atoms with van der Waals surface area (Å²) in [6.45, 7) is 5.11. The van der Waals surface area contributed by atoms with E-state index in [9.17, 15) is 4.79 Å². The maximum atomic E-state index is 12.1. The van der Waals surface area contributed by atoms with Crippen LogP contribution in [0.25, 0.3) is 0 Å². The first-order chi connectivity index (χ1) is 9.29. The van der Waals surface area contributed by atoms with Gasteiger partial charge in [-0.3, -0.25) is 4.79 Å². The Morgan fingerprint density at radius 3 is 2.45 bits per heavy atom. The topological polar surface area (TPSA) is 32.3 Å². The lowest BCUT2D eigenvalue weighted by Crippen LogP contribution is -2.35. The number of nitrogens with zero attached hydrogens (tertiary/aromatic N) is 1. The van der Waals surface area contributed by atoms with E-state index in [0.29, 0.717) is 12.3 Å². The van der Waals surface area contributed by atoms with E-state index in [4.69, 9.17) is 0 Å². The monoisotopic (exact) mass is 294 g/mol. The Kier molecular flexibility index (Phi) is 5.06. The zero-order chi connectivity index (χ0) is 13.2. The molecule has 0 saturated carbocycles. The highest BCUT2D eigenvalue weighted by Gasteiger charge is 2.25. The number of hydrogen-bond acceptors (Lipinski definition) is 2. The van der Waals surface area contributed by atoms with E-state index >= 15 is 0 Å². The molecule has 110 valence electrons. The van der Waals surface area contributed by atoms with E-state index in [1.165, 1.54) is 22.4 Å². The predicted octanol–water partition coefficient (Wildman–Crippen LogP) is 2.49. The number of benzene rings is 1. The van der Waals surface area contributed by atoms with Crippen LogP contribution in [0.15, 0.2) is 12.1 Å². The number of carbonyl (C=O) groups is 1. The summed E-state index contributed by atoms with van der Waals surface area (Å²) in [7, 11) is 0. The van der Waals surface area contributed by atoms with Crippen LogP contribution in [-0.4, -0.2) is 25.5 Å². The molecule has 0 radical (unpaired) electrons. The normalized spacial score (nSPS) is 17.9. The van der Waals surface area contributed by atoms with Gasteiger partial charge in [0.25, 0.3) is 0 Å². The third kappa shape index (κ3) is 2.84. The number of nitrogens with one attached hydrogen (secondary N) is 1. The van der Waals surface area contributed by atoms with Gasteiger partial charge in [-0.15, -0.1) is 12.4 Å². The van der Waals surface area contributed by atoms with Crippen molar-refractivity contribution in [1.82, 2.24) is 5.32 Å². The number of rotatable bonds is 2. The minimum atomic E-state index is 0. The minimum absolute atomic E-state index is 0. The highest BCUT2D eigenvalue weighted by Crippen LogP contribution is 2.32. The van der Waals surface area contributed by atoms with Crippen molar-refractivity contribution in [1.29, 1.82) is 0 Å². The van der Waals surface area contributed by atoms with Gasteiger partial charge in [0.1, 0.15) is 0 Å². The molecule has 0 unspecified atom stereocenters. The molecule has 4 heteroatoms. The molecule has 0 atom stereocenters. The molecule has 2 aliphatic rings. The number of amides is 1. The maximum absolute atomic E-state index is 12.1. The zero-order valence-electron chi connectivity index (χ0n) is 12.1. The van der Waals surface area contributed by atoms with Crippen LogP contribution in [0.2, 0.25) is 0 Å². The van der Waals surface area contributed by atoms with Crippen LogP contribution < -0.4 is 10.2 Å². The molecule has 1 N–H and O–H groups in total. The first-order valence-electron chi connectivity index (χ1n) is 7.45. The summed E-state index contributed by atoms with van der Waals surface area (Å²) in [6.07, 6.45) is 4.80. The largest absolute Gasteiger partial charge is 0.316 e. The SMILES string of the molecule is CCCN1C(=O)CCc2cc3c(cc21)CCNCC3.Cl. The van der Waals surface area contributed by atoms with Crippen molar-refractivity contribution >= 4 is 24.0 Å². The Morgan fingerprint density at radius 1 is 1.05 bits per heavy atom. The zero-order valence-corrected chi connectivity index (χ0v) is 12.9. The molecule has 0 spiro atoms. The van der Waals surface area contributed by atoms with Gasteiger partial charge in [-0.1, -0.05) is 13.0 Å². The fraction of sp³-hybridized carbons (Fsp3) is 0.562.